The molecule has 6 heteroatoms. The fourth-order valence-electron chi connectivity index (χ4n) is 2.84. The van der Waals surface area contributed by atoms with Gasteiger partial charge >= 0.3 is 12.1 Å². The van der Waals surface area contributed by atoms with Crippen molar-refractivity contribution in [1.29, 1.82) is 0 Å². The molecule has 2 aromatic rings. The van der Waals surface area contributed by atoms with Crippen molar-refractivity contribution in [2.45, 2.75) is 13.1 Å². The van der Waals surface area contributed by atoms with E-state index < -0.39 is 17.7 Å². The minimum atomic E-state index is -4.38. The molecule has 1 saturated heterocycles. The highest BCUT2D eigenvalue weighted by Gasteiger charge is 2.33. The molecule has 0 spiro atoms. The van der Waals surface area contributed by atoms with E-state index in [9.17, 15) is 18.0 Å². The zero-order valence-electron chi connectivity index (χ0n) is 13.0. The van der Waals surface area contributed by atoms with Crippen LogP contribution < -0.4 is 4.90 Å². The van der Waals surface area contributed by atoms with Crippen molar-refractivity contribution in [3.8, 4) is 11.1 Å². The lowest BCUT2D eigenvalue weighted by Crippen LogP contribution is -2.50. The van der Waals surface area contributed by atoms with Gasteiger partial charge in [0.2, 0.25) is 0 Å². The van der Waals surface area contributed by atoms with Gasteiger partial charge in [-0.3, -0.25) is 4.79 Å². The van der Waals surface area contributed by atoms with Crippen LogP contribution in [0.4, 0.5) is 18.9 Å². The van der Waals surface area contributed by atoms with Crippen LogP contribution in [0, 0.1) is 12.8 Å². The van der Waals surface area contributed by atoms with Crippen LogP contribution in [0.15, 0.2) is 42.5 Å². The Morgan fingerprint density at radius 2 is 1.83 bits per heavy atom. The number of anilines is 1. The Morgan fingerprint density at radius 3 is 2.46 bits per heavy atom. The molecule has 0 unspecified atom stereocenters. The van der Waals surface area contributed by atoms with E-state index in [0.29, 0.717) is 29.8 Å². The van der Waals surface area contributed by atoms with Crippen molar-refractivity contribution in [2.75, 3.05) is 18.0 Å². The van der Waals surface area contributed by atoms with Crippen molar-refractivity contribution in [1.82, 2.24) is 0 Å². The first-order valence-electron chi connectivity index (χ1n) is 7.51. The Morgan fingerprint density at radius 1 is 1.12 bits per heavy atom. The predicted molar refractivity (Wildman–Crippen MR) is 85.0 cm³/mol. The molecule has 1 N–H and O–H groups in total. The number of carboxylic acid groups (broad SMARTS) is 1. The quantitative estimate of drug-likeness (QED) is 0.914. The first-order valence-corrected chi connectivity index (χ1v) is 7.51. The summed E-state index contributed by atoms with van der Waals surface area (Å²) in [6.07, 6.45) is -4.38. The van der Waals surface area contributed by atoms with Crippen LogP contribution in [0.1, 0.15) is 11.1 Å². The van der Waals surface area contributed by atoms with Gasteiger partial charge in [0.15, 0.2) is 0 Å². The van der Waals surface area contributed by atoms with E-state index in [-0.39, 0.29) is 5.92 Å². The predicted octanol–water partition coefficient (Wildman–Crippen LogP) is 4.20. The smallest absolute Gasteiger partial charge is 0.416 e. The maximum Gasteiger partial charge on any atom is 0.416 e. The summed E-state index contributed by atoms with van der Waals surface area (Å²) >= 11 is 0. The van der Waals surface area contributed by atoms with Gasteiger partial charge in [-0.1, -0.05) is 18.2 Å². The number of halogens is 3. The molecular weight excluding hydrogens is 319 g/mol. The molecular formula is C18H16F3NO2. The summed E-state index contributed by atoms with van der Waals surface area (Å²) in [5.74, 6) is -1.21. The van der Waals surface area contributed by atoms with Crippen LogP contribution in [0.2, 0.25) is 0 Å². The maximum absolute atomic E-state index is 13.0. The second kappa shape index (κ2) is 5.85. The highest BCUT2D eigenvalue weighted by molar-refractivity contribution is 5.76. The summed E-state index contributed by atoms with van der Waals surface area (Å²) in [6.45, 7) is 2.47. The second-order valence-electron chi connectivity index (χ2n) is 6.08. The van der Waals surface area contributed by atoms with E-state index in [0.717, 1.165) is 17.8 Å². The van der Waals surface area contributed by atoms with Gasteiger partial charge in [-0.15, -0.1) is 0 Å². The van der Waals surface area contributed by atoms with Gasteiger partial charge in [0.05, 0.1) is 11.5 Å². The third kappa shape index (κ3) is 3.22. The molecule has 1 fully saturated rings. The van der Waals surface area contributed by atoms with E-state index >= 15 is 0 Å². The van der Waals surface area contributed by atoms with Crippen molar-refractivity contribution in [3.63, 3.8) is 0 Å². The molecule has 0 bridgehead atoms. The Balaban J connectivity index is 1.90. The van der Waals surface area contributed by atoms with Gasteiger partial charge in [0.1, 0.15) is 0 Å². The molecule has 1 aliphatic heterocycles. The molecule has 0 aromatic heterocycles. The van der Waals surface area contributed by atoms with Crippen molar-refractivity contribution in [3.05, 3.63) is 53.6 Å². The SMILES string of the molecule is Cc1cc(-c2cccc(N3CC(C(=O)O)C3)c2)cc(C(F)(F)F)c1. The average molecular weight is 335 g/mol. The molecule has 3 rings (SSSR count). The van der Waals surface area contributed by atoms with Crippen LogP contribution in [-0.4, -0.2) is 24.2 Å². The molecule has 1 aliphatic rings. The highest BCUT2D eigenvalue weighted by atomic mass is 19.4. The fraction of sp³-hybridized carbons (Fsp3) is 0.278. The summed E-state index contributed by atoms with van der Waals surface area (Å²) in [6, 6.07) is 11.1. The van der Waals surface area contributed by atoms with Gasteiger partial charge in [0.25, 0.3) is 0 Å². The summed E-state index contributed by atoms with van der Waals surface area (Å²) in [5, 5.41) is 8.93. The van der Waals surface area contributed by atoms with Crippen LogP contribution >= 0.6 is 0 Å². The van der Waals surface area contributed by atoms with Crippen LogP contribution in [-0.2, 0) is 11.0 Å². The molecule has 1 heterocycles. The molecule has 2 aromatic carbocycles. The van der Waals surface area contributed by atoms with Crippen LogP contribution in [0.25, 0.3) is 11.1 Å². The molecule has 0 aliphatic carbocycles. The van der Waals surface area contributed by atoms with Crippen molar-refractivity contribution >= 4 is 11.7 Å². The third-order valence-electron chi connectivity index (χ3n) is 4.18. The Bertz CT molecular complexity index is 780. The lowest BCUT2D eigenvalue weighted by Gasteiger charge is -2.38. The number of aliphatic carboxylic acids is 1. The number of aryl methyl sites for hydroxylation is 1. The summed E-state index contributed by atoms with van der Waals surface area (Å²) in [5.41, 5.74) is 1.87. The molecule has 0 radical (unpaired) electrons. The largest absolute Gasteiger partial charge is 0.481 e. The molecule has 3 nitrogen and oxygen atoms in total. The van der Waals surface area contributed by atoms with Gasteiger partial charge in [-0.2, -0.15) is 13.2 Å². The van der Waals surface area contributed by atoms with Crippen molar-refractivity contribution < 1.29 is 23.1 Å². The fourth-order valence-corrected chi connectivity index (χ4v) is 2.84. The average Bonchev–Trinajstić information content (AvgIpc) is 2.44. The maximum atomic E-state index is 13.0. The summed E-state index contributed by atoms with van der Waals surface area (Å²) < 4.78 is 39.0. The minimum Gasteiger partial charge on any atom is -0.481 e. The number of benzene rings is 2. The summed E-state index contributed by atoms with van der Waals surface area (Å²) in [7, 11) is 0. The number of hydrogen-bond acceptors (Lipinski definition) is 2. The second-order valence-corrected chi connectivity index (χ2v) is 6.08. The van der Waals surface area contributed by atoms with E-state index in [4.69, 9.17) is 5.11 Å². The van der Waals surface area contributed by atoms with Gasteiger partial charge in [-0.05, 0) is 47.9 Å². The Kier molecular flexibility index (Phi) is 3.99. The first kappa shape index (κ1) is 16.4. The Labute approximate surface area is 137 Å². The molecule has 0 saturated carbocycles. The minimum absolute atomic E-state index is 0.385. The van der Waals surface area contributed by atoms with Gasteiger partial charge in [0, 0.05) is 18.8 Å². The van der Waals surface area contributed by atoms with Gasteiger partial charge < -0.3 is 10.0 Å². The van der Waals surface area contributed by atoms with E-state index in [2.05, 4.69) is 0 Å². The normalized spacial score (nSPS) is 15.2. The van der Waals surface area contributed by atoms with Crippen molar-refractivity contribution in [2.24, 2.45) is 5.92 Å². The highest BCUT2D eigenvalue weighted by Crippen LogP contribution is 2.35. The standard InChI is InChI=1S/C18H16F3NO2/c1-11-5-13(7-15(6-11)18(19,20)21)12-3-2-4-16(8-12)22-9-14(10-22)17(23)24/h2-8,14H,9-10H2,1H3,(H,23,24). The topological polar surface area (TPSA) is 40.5 Å². The van der Waals surface area contributed by atoms with Crippen LogP contribution in [0.5, 0.6) is 0 Å². The third-order valence-corrected chi connectivity index (χ3v) is 4.18. The number of alkyl halides is 3. The van der Waals surface area contributed by atoms with E-state index in [1.54, 1.807) is 31.2 Å². The lowest BCUT2D eigenvalue weighted by atomic mass is 9.96. The zero-order chi connectivity index (χ0) is 17.5. The Hall–Kier alpha value is -2.50. The molecule has 0 amide bonds. The lowest BCUT2D eigenvalue weighted by molar-refractivity contribution is -0.142. The molecule has 126 valence electrons. The van der Waals surface area contributed by atoms with E-state index in [1.165, 1.54) is 0 Å². The van der Waals surface area contributed by atoms with Gasteiger partial charge in [-0.25, -0.2) is 0 Å². The first-order chi connectivity index (χ1) is 11.2. The van der Waals surface area contributed by atoms with E-state index in [1.807, 2.05) is 11.0 Å². The number of nitrogens with zero attached hydrogens (tertiary/aromatic N) is 1. The molecule has 24 heavy (non-hydrogen) atoms. The number of carbonyl (C=O) groups is 1. The molecule has 0 atom stereocenters. The summed E-state index contributed by atoms with van der Waals surface area (Å²) in [4.78, 5) is 12.8. The number of rotatable bonds is 3. The van der Waals surface area contributed by atoms with Crippen LogP contribution in [0.3, 0.4) is 0 Å². The number of hydrogen-bond donors (Lipinski definition) is 1. The number of carboxylic acids is 1. The zero-order valence-corrected chi connectivity index (χ0v) is 13.0. The monoisotopic (exact) mass is 335 g/mol.